The van der Waals surface area contributed by atoms with Crippen LogP contribution in [0.2, 0.25) is 5.02 Å². The number of piperidine rings is 1. The lowest BCUT2D eigenvalue weighted by Crippen LogP contribution is -2.35. The maximum Gasteiger partial charge on any atom is 0.325 e. The maximum absolute atomic E-state index is 9.51. The van der Waals surface area contributed by atoms with Gasteiger partial charge >= 0.3 is 6.01 Å². The van der Waals surface area contributed by atoms with Crippen LogP contribution in [0.5, 0.6) is 11.8 Å². The molecule has 1 saturated heterocycles. The first-order valence-corrected chi connectivity index (χ1v) is 12.5. The van der Waals surface area contributed by atoms with Gasteiger partial charge in [0.2, 0.25) is 0 Å². The summed E-state index contributed by atoms with van der Waals surface area (Å²) in [5.41, 5.74) is 4.62. The number of hydrogen-bond donors (Lipinski definition) is 2. The van der Waals surface area contributed by atoms with Crippen molar-refractivity contribution in [3.63, 3.8) is 0 Å². The second-order valence-corrected chi connectivity index (χ2v) is 9.65. The standard InChI is InChI=1S/C27H30ClN5O2/c1-3-4-19-13-23(29-15-19)30-24-14-25(33-9-7-18(16-34)8-10-33)32-27(31-24)35-22-6-5-20-11-17(2)12-21(20)26(22)28/h3-6,12-14,18,34H,7-11,15-16H2,1-2H3,(H,29,30,31,32)/b4-3+. The van der Waals surface area contributed by atoms with Gasteiger partial charge in [0.05, 0.1) is 11.6 Å². The molecule has 0 atom stereocenters. The Morgan fingerprint density at radius 2 is 2.06 bits per heavy atom. The largest absolute Gasteiger partial charge is 0.423 e. The third kappa shape index (κ3) is 5.26. The predicted molar refractivity (Wildman–Crippen MR) is 142 cm³/mol. The summed E-state index contributed by atoms with van der Waals surface area (Å²) >= 11 is 6.70. The quantitative estimate of drug-likeness (QED) is 0.561. The second kappa shape index (κ2) is 10.2. The predicted octanol–water partition coefficient (Wildman–Crippen LogP) is 5.42. The highest BCUT2D eigenvalue weighted by Crippen LogP contribution is 2.39. The number of nitrogens with zero attached hydrogens (tertiary/aromatic N) is 4. The number of anilines is 2. The minimum absolute atomic E-state index is 0.226. The van der Waals surface area contributed by atoms with Gasteiger partial charge in [0.1, 0.15) is 23.2 Å². The molecule has 2 aliphatic heterocycles. The highest BCUT2D eigenvalue weighted by molar-refractivity contribution is 6.33. The molecule has 0 amide bonds. The van der Waals surface area contributed by atoms with E-state index in [9.17, 15) is 5.11 Å². The molecular weight excluding hydrogens is 462 g/mol. The lowest BCUT2D eigenvalue weighted by Gasteiger charge is -2.32. The van der Waals surface area contributed by atoms with E-state index in [-0.39, 0.29) is 12.6 Å². The van der Waals surface area contributed by atoms with Crippen molar-refractivity contribution < 1.29 is 9.84 Å². The highest BCUT2D eigenvalue weighted by atomic mass is 35.5. The van der Waals surface area contributed by atoms with E-state index < -0.39 is 0 Å². The Balaban J connectivity index is 1.44. The van der Waals surface area contributed by atoms with Gasteiger partial charge in [-0.05, 0) is 62.3 Å². The van der Waals surface area contributed by atoms with Crippen molar-refractivity contribution in [3.05, 3.63) is 63.7 Å². The number of benzene rings is 1. The third-order valence-electron chi connectivity index (χ3n) is 6.58. The summed E-state index contributed by atoms with van der Waals surface area (Å²) in [5, 5.41) is 13.4. The molecule has 1 fully saturated rings. The second-order valence-electron chi connectivity index (χ2n) is 9.27. The number of amidine groups is 1. The molecule has 7 nitrogen and oxygen atoms in total. The molecule has 2 N–H and O–H groups in total. The molecule has 0 spiro atoms. The van der Waals surface area contributed by atoms with Gasteiger partial charge < -0.3 is 20.1 Å². The van der Waals surface area contributed by atoms with Crippen molar-refractivity contribution in [2.45, 2.75) is 33.1 Å². The van der Waals surface area contributed by atoms with Crippen LogP contribution < -0.4 is 15.0 Å². The molecule has 1 aromatic heterocycles. The van der Waals surface area contributed by atoms with E-state index in [4.69, 9.17) is 21.3 Å². The smallest absolute Gasteiger partial charge is 0.325 e. The van der Waals surface area contributed by atoms with Gasteiger partial charge in [-0.1, -0.05) is 41.5 Å². The van der Waals surface area contributed by atoms with Crippen LogP contribution in [0.4, 0.5) is 11.6 Å². The topological polar surface area (TPSA) is 82.9 Å². The third-order valence-corrected chi connectivity index (χ3v) is 6.97. The van der Waals surface area contributed by atoms with E-state index in [0.29, 0.717) is 29.1 Å². The van der Waals surface area contributed by atoms with Gasteiger partial charge in [0.25, 0.3) is 0 Å². The Kier molecular flexibility index (Phi) is 6.88. The van der Waals surface area contributed by atoms with Crippen LogP contribution in [0.3, 0.4) is 0 Å². The van der Waals surface area contributed by atoms with Gasteiger partial charge in [0.15, 0.2) is 0 Å². The van der Waals surface area contributed by atoms with Crippen molar-refractivity contribution in [2.75, 3.05) is 36.5 Å². The Morgan fingerprint density at radius 1 is 1.23 bits per heavy atom. The van der Waals surface area contributed by atoms with Gasteiger partial charge in [-0.3, -0.25) is 4.99 Å². The molecule has 1 aromatic carbocycles. The summed E-state index contributed by atoms with van der Waals surface area (Å²) in [6.45, 7) is 6.59. The molecule has 0 saturated carbocycles. The number of nitrogens with one attached hydrogen (secondary N) is 1. The molecule has 5 rings (SSSR count). The fraction of sp³-hybridized carbons (Fsp3) is 0.370. The summed E-state index contributed by atoms with van der Waals surface area (Å²) in [7, 11) is 0. The first-order valence-electron chi connectivity index (χ1n) is 12.1. The maximum atomic E-state index is 9.51. The average Bonchev–Trinajstić information content (AvgIpc) is 3.47. The number of rotatable bonds is 6. The average molecular weight is 492 g/mol. The minimum atomic E-state index is 0.226. The van der Waals surface area contributed by atoms with Crippen LogP contribution in [0.1, 0.15) is 37.8 Å². The highest BCUT2D eigenvalue weighted by Gasteiger charge is 2.22. The van der Waals surface area contributed by atoms with Crippen LogP contribution >= 0.6 is 11.6 Å². The first kappa shape index (κ1) is 23.6. The molecule has 0 radical (unpaired) electrons. The number of aliphatic hydroxyl groups is 1. The number of aliphatic imine (C=N–C) groups is 1. The number of ether oxygens (including phenoxy) is 1. The molecule has 1 aliphatic carbocycles. The van der Waals surface area contributed by atoms with Crippen molar-refractivity contribution in [3.8, 4) is 11.8 Å². The molecule has 182 valence electrons. The zero-order chi connectivity index (χ0) is 24.4. The number of fused-ring (bicyclic) bond motifs is 1. The Morgan fingerprint density at radius 3 is 2.83 bits per heavy atom. The monoisotopic (exact) mass is 491 g/mol. The lowest BCUT2D eigenvalue weighted by atomic mass is 9.98. The molecule has 0 bridgehead atoms. The SMILES string of the molecule is C/C=C/C1=CC(Nc2cc(N3CCC(CO)CC3)nc(Oc3ccc4c(c3Cl)C=C(C)C4)n2)=NC1. The number of hydrogen-bond acceptors (Lipinski definition) is 7. The van der Waals surface area contributed by atoms with Crippen LogP contribution in [-0.2, 0) is 6.42 Å². The molecule has 3 aliphatic rings. The number of halogens is 1. The molecule has 3 heterocycles. The van der Waals surface area contributed by atoms with E-state index in [1.165, 1.54) is 11.1 Å². The summed E-state index contributed by atoms with van der Waals surface area (Å²) in [4.78, 5) is 16.1. The summed E-state index contributed by atoms with van der Waals surface area (Å²) in [6.07, 6.45) is 10.9. The number of allylic oxidation sites excluding steroid dienone is 2. The van der Waals surface area contributed by atoms with E-state index in [1.54, 1.807) is 0 Å². The van der Waals surface area contributed by atoms with Gasteiger partial charge in [-0.15, -0.1) is 0 Å². The van der Waals surface area contributed by atoms with Crippen molar-refractivity contribution >= 4 is 35.1 Å². The molecule has 2 aromatic rings. The fourth-order valence-electron chi connectivity index (χ4n) is 4.69. The Hall–Kier alpha value is -3.16. The number of aliphatic hydroxyl groups excluding tert-OH is 1. The molecule has 0 unspecified atom stereocenters. The summed E-state index contributed by atoms with van der Waals surface area (Å²) in [6, 6.07) is 6.09. The normalized spacial score (nSPS) is 17.9. The van der Waals surface area contributed by atoms with Crippen LogP contribution in [-0.4, -0.2) is 47.2 Å². The molecule has 8 heteroatoms. The van der Waals surface area contributed by atoms with Gasteiger partial charge in [-0.2, -0.15) is 9.97 Å². The zero-order valence-electron chi connectivity index (χ0n) is 20.1. The molecular formula is C27H30ClN5O2. The minimum Gasteiger partial charge on any atom is -0.423 e. The van der Waals surface area contributed by atoms with Gasteiger partial charge in [-0.25, -0.2) is 0 Å². The Bertz CT molecular complexity index is 1240. The van der Waals surface area contributed by atoms with E-state index in [2.05, 4.69) is 39.3 Å². The van der Waals surface area contributed by atoms with Crippen molar-refractivity contribution in [1.82, 2.24) is 9.97 Å². The number of aromatic nitrogens is 2. The van der Waals surface area contributed by atoms with Crippen LogP contribution in [0.25, 0.3) is 6.08 Å². The van der Waals surface area contributed by atoms with Crippen molar-refractivity contribution in [1.29, 1.82) is 0 Å². The zero-order valence-corrected chi connectivity index (χ0v) is 20.8. The lowest BCUT2D eigenvalue weighted by molar-refractivity contribution is 0.202. The Labute approximate surface area is 210 Å². The fourth-order valence-corrected chi connectivity index (χ4v) is 4.97. The first-order chi connectivity index (χ1) is 17.0. The summed E-state index contributed by atoms with van der Waals surface area (Å²) in [5.74, 6) is 3.01. The van der Waals surface area contributed by atoms with Crippen LogP contribution in [0, 0.1) is 5.92 Å². The van der Waals surface area contributed by atoms with Crippen molar-refractivity contribution in [2.24, 2.45) is 10.9 Å². The summed E-state index contributed by atoms with van der Waals surface area (Å²) < 4.78 is 6.15. The van der Waals surface area contributed by atoms with Crippen LogP contribution in [0.15, 0.2) is 52.6 Å². The van der Waals surface area contributed by atoms with E-state index in [0.717, 1.165) is 55.1 Å². The van der Waals surface area contributed by atoms with E-state index in [1.807, 2.05) is 37.3 Å². The van der Waals surface area contributed by atoms with Gasteiger partial charge in [0, 0.05) is 31.3 Å². The molecule has 35 heavy (non-hydrogen) atoms. The van der Waals surface area contributed by atoms with E-state index >= 15 is 0 Å².